The van der Waals surface area contributed by atoms with Crippen LogP contribution < -0.4 is 15.0 Å². The van der Waals surface area contributed by atoms with Crippen LogP contribution in [0.25, 0.3) is 0 Å². The van der Waals surface area contributed by atoms with Gasteiger partial charge in [-0.15, -0.1) is 0 Å². The summed E-state index contributed by atoms with van der Waals surface area (Å²) in [6.07, 6.45) is 0. The van der Waals surface area contributed by atoms with Crippen molar-refractivity contribution < 1.29 is 9.53 Å². The Morgan fingerprint density at radius 1 is 1.04 bits per heavy atom. The first-order chi connectivity index (χ1) is 12.4. The fraction of sp³-hybridized carbons (Fsp3) is 0.227. The number of hydrogen-bond acceptors (Lipinski definition) is 2. The van der Waals surface area contributed by atoms with Crippen molar-refractivity contribution in [3.8, 4) is 11.5 Å². The highest BCUT2D eigenvalue weighted by atomic mass is 16.5. The van der Waals surface area contributed by atoms with Gasteiger partial charge >= 0.3 is 6.03 Å². The average molecular weight is 352 g/mol. The molecular formula is C22H28N2O2. The van der Waals surface area contributed by atoms with Crippen LogP contribution in [0.2, 0.25) is 0 Å². The number of para-hydroxylation sites is 1. The number of nitrogens with zero attached hydrogens (tertiary/aromatic N) is 1. The fourth-order valence-corrected chi connectivity index (χ4v) is 2.25. The molecule has 0 saturated carbocycles. The van der Waals surface area contributed by atoms with Gasteiger partial charge in [-0.2, -0.15) is 0 Å². The molecule has 4 nitrogen and oxygen atoms in total. The third-order valence-corrected chi connectivity index (χ3v) is 3.29. The van der Waals surface area contributed by atoms with Gasteiger partial charge in [0.15, 0.2) is 0 Å². The molecule has 0 aliphatic heterocycles. The fourth-order valence-electron chi connectivity index (χ4n) is 2.25. The number of carbonyl (C=O) groups is 1. The molecular weight excluding hydrogens is 324 g/mol. The lowest BCUT2D eigenvalue weighted by Crippen LogP contribution is -2.37. The molecule has 0 aliphatic carbocycles. The summed E-state index contributed by atoms with van der Waals surface area (Å²) in [6, 6.07) is 14.9. The second kappa shape index (κ2) is 10.1. The summed E-state index contributed by atoms with van der Waals surface area (Å²) >= 11 is 0. The van der Waals surface area contributed by atoms with Crippen LogP contribution in [-0.4, -0.2) is 6.03 Å². The van der Waals surface area contributed by atoms with Gasteiger partial charge in [0.2, 0.25) is 0 Å². The van der Waals surface area contributed by atoms with E-state index in [2.05, 4.69) is 18.5 Å². The molecule has 0 aliphatic rings. The van der Waals surface area contributed by atoms with Crippen molar-refractivity contribution in [2.24, 2.45) is 0 Å². The monoisotopic (exact) mass is 352 g/mol. The number of allylic oxidation sites excluding steroid dienone is 2. The molecule has 0 spiro atoms. The molecule has 1 N–H and O–H groups in total. The molecule has 26 heavy (non-hydrogen) atoms. The highest BCUT2D eigenvalue weighted by molar-refractivity contribution is 5.95. The van der Waals surface area contributed by atoms with E-state index in [1.807, 2.05) is 69.3 Å². The zero-order chi connectivity index (χ0) is 19.7. The topological polar surface area (TPSA) is 41.6 Å². The second-order valence-electron chi connectivity index (χ2n) is 5.65. The number of ether oxygens (including phenoxy) is 1. The first-order valence-electron chi connectivity index (χ1n) is 8.64. The van der Waals surface area contributed by atoms with E-state index in [9.17, 15) is 4.79 Å². The Kier molecular flexibility index (Phi) is 8.16. The normalized spacial score (nSPS) is 9.42. The zero-order valence-electron chi connectivity index (χ0n) is 16.3. The molecule has 0 unspecified atom stereocenters. The maximum Gasteiger partial charge on any atom is 0.330 e. The van der Waals surface area contributed by atoms with Gasteiger partial charge in [-0.05, 0) is 56.7 Å². The Hall–Kier alpha value is -3.01. The Morgan fingerprint density at radius 2 is 1.65 bits per heavy atom. The van der Waals surface area contributed by atoms with E-state index in [0.717, 1.165) is 22.7 Å². The molecule has 0 aromatic heterocycles. The summed E-state index contributed by atoms with van der Waals surface area (Å²) in [5.41, 5.74) is 2.83. The summed E-state index contributed by atoms with van der Waals surface area (Å²) in [6.45, 7) is 17.0. The molecule has 2 amide bonds. The van der Waals surface area contributed by atoms with Crippen molar-refractivity contribution in [3.63, 3.8) is 0 Å². The van der Waals surface area contributed by atoms with Crippen LogP contribution in [0.3, 0.4) is 0 Å². The summed E-state index contributed by atoms with van der Waals surface area (Å²) in [7, 11) is 0. The van der Waals surface area contributed by atoms with E-state index in [1.165, 1.54) is 4.90 Å². The van der Waals surface area contributed by atoms with Crippen molar-refractivity contribution in [2.75, 3.05) is 4.90 Å². The summed E-state index contributed by atoms with van der Waals surface area (Å²) in [4.78, 5) is 13.9. The third kappa shape index (κ3) is 5.81. The van der Waals surface area contributed by atoms with Gasteiger partial charge < -0.3 is 10.1 Å². The van der Waals surface area contributed by atoms with E-state index in [1.54, 1.807) is 13.8 Å². The number of amides is 2. The molecule has 0 fully saturated rings. The average Bonchev–Trinajstić information content (AvgIpc) is 2.59. The van der Waals surface area contributed by atoms with Crippen LogP contribution in [0.15, 0.2) is 73.1 Å². The Morgan fingerprint density at radius 3 is 2.15 bits per heavy atom. The van der Waals surface area contributed by atoms with E-state index in [0.29, 0.717) is 11.4 Å². The SMILES string of the molecule is C=C(C)NC(=O)N(C(=C)C)c1ccc(Oc2ccccc2)c(C)c1.CC. The van der Waals surface area contributed by atoms with E-state index in [-0.39, 0.29) is 6.03 Å². The molecule has 2 aromatic rings. The van der Waals surface area contributed by atoms with Crippen molar-refractivity contribution in [3.05, 3.63) is 78.6 Å². The molecule has 0 heterocycles. The number of carbonyl (C=O) groups excluding carboxylic acids is 1. The zero-order valence-corrected chi connectivity index (χ0v) is 16.3. The minimum Gasteiger partial charge on any atom is -0.457 e. The minimum absolute atomic E-state index is 0.286. The van der Waals surface area contributed by atoms with Crippen LogP contribution in [0.4, 0.5) is 10.5 Å². The lowest BCUT2D eigenvalue weighted by molar-refractivity contribution is 0.250. The van der Waals surface area contributed by atoms with Crippen molar-refractivity contribution in [1.29, 1.82) is 0 Å². The molecule has 0 radical (unpaired) electrons. The second-order valence-corrected chi connectivity index (χ2v) is 5.65. The van der Waals surface area contributed by atoms with Crippen LogP contribution in [0.5, 0.6) is 11.5 Å². The molecule has 138 valence electrons. The molecule has 0 atom stereocenters. The van der Waals surface area contributed by atoms with E-state index >= 15 is 0 Å². The van der Waals surface area contributed by atoms with Crippen LogP contribution in [0, 0.1) is 6.92 Å². The molecule has 4 heteroatoms. The van der Waals surface area contributed by atoms with Gasteiger partial charge in [-0.1, -0.05) is 45.2 Å². The van der Waals surface area contributed by atoms with Gasteiger partial charge in [0.25, 0.3) is 0 Å². The number of urea groups is 1. The molecule has 2 rings (SSSR count). The highest BCUT2D eigenvalue weighted by Crippen LogP contribution is 2.29. The standard InChI is InChI=1S/C20H22N2O2.C2H6/c1-14(2)21-20(23)22(15(3)4)17-11-12-19(16(5)13-17)24-18-9-7-6-8-10-18;1-2/h6-13H,1,3H2,2,4-5H3,(H,21,23);1-2H3. The van der Waals surface area contributed by atoms with Crippen LogP contribution in [0.1, 0.15) is 33.3 Å². The minimum atomic E-state index is -0.286. The van der Waals surface area contributed by atoms with Gasteiger partial charge in [-0.3, -0.25) is 4.90 Å². The van der Waals surface area contributed by atoms with Crippen molar-refractivity contribution >= 4 is 11.7 Å². The first-order valence-corrected chi connectivity index (χ1v) is 8.64. The number of anilines is 1. The van der Waals surface area contributed by atoms with Gasteiger partial charge in [-0.25, -0.2) is 4.79 Å². The van der Waals surface area contributed by atoms with Gasteiger partial charge in [0, 0.05) is 11.4 Å². The Labute approximate surface area is 156 Å². The predicted molar refractivity (Wildman–Crippen MR) is 110 cm³/mol. The largest absolute Gasteiger partial charge is 0.457 e. The van der Waals surface area contributed by atoms with Gasteiger partial charge in [0.05, 0.1) is 5.69 Å². The molecule has 0 saturated heterocycles. The summed E-state index contributed by atoms with van der Waals surface area (Å²) < 4.78 is 5.87. The molecule has 0 bridgehead atoms. The number of benzene rings is 2. The van der Waals surface area contributed by atoms with Crippen molar-refractivity contribution in [2.45, 2.75) is 34.6 Å². The van der Waals surface area contributed by atoms with Crippen LogP contribution >= 0.6 is 0 Å². The van der Waals surface area contributed by atoms with Gasteiger partial charge in [0.1, 0.15) is 11.5 Å². The quantitative estimate of drug-likeness (QED) is 0.677. The lowest BCUT2D eigenvalue weighted by Gasteiger charge is -2.24. The summed E-state index contributed by atoms with van der Waals surface area (Å²) in [5.74, 6) is 1.51. The smallest absolute Gasteiger partial charge is 0.330 e. The number of aryl methyl sites for hydroxylation is 1. The van der Waals surface area contributed by atoms with Crippen molar-refractivity contribution in [1.82, 2.24) is 5.32 Å². The Balaban J connectivity index is 0.00000163. The third-order valence-electron chi connectivity index (χ3n) is 3.29. The number of nitrogens with one attached hydrogen (secondary N) is 1. The maximum atomic E-state index is 12.3. The van der Waals surface area contributed by atoms with Crippen LogP contribution in [-0.2, 0) is 0 Å². The number of hydrogen-bond donors (Lipinski definition) is 1. The first kappa shape index (κ1) is 21.0. The highest BCUT2D eigenvalue weighted by Gasteiger charge is 2.17. The molecule has 2 aromatic carbocycles. The lowest BCUT2D eigenvalue weighted by atomic mass is 10.1. The summed E-state index contributed by atoms with van der Waals surface area (Å²) in [5, 5.41) is 2.70. The predicted octanol–water partition coefficient (Wildman–Crippen LogP) is 6.40. The number of rotatable bonds is 5. The van der Waals surface area contributed by atoms with E-state index in [4.69, 9.17) is 4.74 Å². The Bertz CT molecular complexity index is 767. The van der Waals surface area contributed by atoms with E-state index < -0.39 is 0 Å². The maximum absolute atomic E-state index is 12.3.